The predicted molar refractivity (Wildman–Crippen MR) is 88.7 cm³/mol. The van der Waals surface area contributed by atoms with Crippen molar-refractivity contribution in [3.8, 4) is 0 Å². The van der Waals surface area contributed by atoms with Crippen LogP contribution in [0.4, 0.5) is 5.69 Å². The van der Waals surface area contributed by atoms with Crippen molar-refractivity contribution in [1.29, 1.82) is 0 Å². The zero-order chi connectivity index (χ0) is 17.5. The second-order valence-electron chi connectivity index (χ2n) is 4.84. The zero-order valence-electron chi connectivity index (χ0n) is 12.5. The Morgan fingerprint density at radius 1 is 1.04 bits per heavy atom. The molecule has 0 aliphatic rings. The maximum atomic E-state index is 12.1. The zero-order valence-corrected chi connectivity index (χ0v) is 13.2. The molecule has 24 heavy (non-hydrogen) atoms. The molecule has 124 valence electrons. The smallest absolute Gasteiger partial charge is 0.283 e. The van der Waals surface area contributed by atoms with E-state index in [4.69, 9.17) is 11.6 Å². The SMILES string of the molecule is O=C(CNC(=O)c1c(Cl)cccc1[N+](=O)[O-])NCc1ccccc1. The summed E-state index contributed by atoms with van der Waals surface area (Å²) in [5.74, 6) is -1.19. The van der Waals surface area contributed by atoms with Crippen LogP contribution in [-0.2, 0) is 11.3 Å². The third-order valence-corrected chi connectivity index (χ3v) is 3.47. The molecule has 0 spiro atoms. The normalized spacial score (nSPS) is 10.0. The Bertz CT molecular complexity index is 765. The largest absolute Gasteiger partial charge is 0.350 e. The predicted octanol–water partition coefficient (Wildman–Crippen LogP) is 2.29. The molecule has 0 saturated carbocycles. The molecule has 0 bridgehead atoms. The Morgan fingerprint density at radius 3 is 2.42 bits per heavy atom. The lowest BCUT2D eigenvalue weighted by atomic mass is 10.1. The van der Waals surface area contributed by atoms with Gasteiger partial charge in [-0.2, -0.15) is 0 Å². The van der Waals surface area contributed by atoms with Gasteiger partial charge in [-0.1, -0.05) is 48.0 Å². The first-order chi connectivity index (χ1) is 11.5. The fraction of sp³-hybridized carbons (Fsp3) is 0.125. The highest BCUT2D eigenvalue weighted by Gasteiger charge is 2.23. The molecule has 2 amide bonds. The van der Waals surface area contributed by atoms with Crippen molar-refractivity contribution in [3.63, 3.8) is 0 Å². The molecule has 0 atom stereocenters. The van der Waals surface area contributed by atoms with Crippen LogP contribution in [0.5, 0.6) is 0 Å². The number of carbonyl (C=O) groups excluding carboxylic acids is 2. The molecule has 0 fully saturated rings. The van der Waals surface area contributed by atoms with Crippen LogP contribution in [0.1, 0.15) is 15.9 Å². The molecule has 0 unspecified atom stereocenters. The van der Waals surface area contributed by atoms with Gasteiger partial charge in [0, 0.05) is 12.6 Å². The van der Waals surface area contributed by atoms with Crippen molar-refractivity contribution in [2.45, 2.75) is 6.54 Å². The molecule has 2 N–H and O–H groups in total. The Labute approximate surface area is 142 Å². The number of carbonyl (C=O) groups is 2. The second kappa shape index (κ2) is 8.07. The fourth-order valence-corrected chi connectivity index (χ4v) is 2.25. The molecule has 0 aromatic heterocycles. The highest BCUT2D eigenvalue weighted by molar-refractivity contribution is 6.34. The summed E-state index contributed by atoms with van der Waals surface area (Å²) >= 11 is 5.86. The standard InChI is InChI=1S/C16H14ClN3O4/c17-12-7-4-8-13(20(23)24)15(12)16(22)19-10-14(21)18-9-11-5-2-1-3-6-11/h1-8H,9-10H2,(H,18,21)(H,19,22). The molecule has 2 rings (SSSR count). The van der Waals surface area contributed by atoms with Gasteiger partial charge in [-0.15, -0.1) is 0 Å². The van der Waals surface area contributed by atoms with E-state index in [9.17, 15) is 19.7 Å². The van der Waals surface area contributed by atoms with Gasteiger partial charge in [0.1, 0.15) is 5.56 Å². The lowest BCUT2D eigenvalue weighted by molar-refractivity contribution is -0.385. The van der Waals surface area contributed by atoms with Crippen LogP contribution in [0.25, 0.3) is 0 Å². The van der Waals surface area contributed by atoms with Crippen LogP contribution in [0, 0.1) is 10.1 Å². The van der Waals surface area contributed by atoms with E-state index in [0.29, 0.717) is 6.54 Å². The van der Waals surface area contributed by atoms with E-state index in [0.717, 1.165) is 5.56 Å². The van der Waals surface area contributed by atoms with E-state index in [1.165, 1.54) is 18.2 Å². The number of nitro benzene ring substituents is 1. The van der Waals surface area contributed by atoms with E-state index < -0.39 is 22.4 Å². The monoisotopic (exact) mass is 347 g/mol. The number of hydrogen-bond donors (Lipinski definition) is 2. The summed E-state index contributed by atoms with van der Waals surface area (Å²) in [7, 11) is 0. The van der Waals surface area contributed by atoms with Gasteiger partial charge in [0.25, 0.3) is 11.6 Å². The maximum Gasteiger partial charge on any atom is 0.283 e. The highest BCUT2D eigenvalue weighted by atomic mass is 35.5. The average molecular weight is 348 g/mol. The number of halogens is 1. The minimum Gasteiger partial charge on any atom is -0.350 e. The second-order valence-corrected chi connectivity index (χ2v) is 5.24. The van der Waals surface area contributed by atoms with Gasteiger partial charge in [-0.3, -0.25) is 19.7 Å². The molecule has 2 aromatic rings. The first kappa shape index (κ1) is 17.4. The molecule has 8 heteroatoms. The molecular weight excluding hydrogens is 334 g/mol. The van der Waals surface area contributed by atoms with E-state index >= 15 is 0 Å². The summed E-state index contributed by atoms with van der Waals surface area (Å²) in [6.45, 7) is 0.00975. The first-order valence-electron chi connectivity index (χ1n) is 7.00. The Balaban J connectivity index is 1.94. The van der Waals surface area contributed by atoms with Crippen molar-refractivity contribution in [2.24, 2.45) is 0 Å². The van der Waals surface area contributed by atoms with Crippen molar-refractivity contribution in [3.05, 3.63) is 74.8 Å². The van der Waals surface area contributed by atoms with Crippen LogP contribution in [0.15, 0.2) is 48.5 Å². The molecule has 0 aliphatic carbocycles. The molecule has 0 saturated heterocycles. The van der Waals surface area contributed by atoms with Gasteiger partial charge in [0.05, 0.1) is 16.5 Å². The van der Waals surface area contributed by atoms with Gasteiger partial charge in [-0.05, 0) is 11.6 Å². The van der Waals surface area contributed by atoms with E-state index in [1.54, 1.807) is 0 Å². The molecule has 7 nitrogen and oxygen atoms in total. The fourth-order valence-electron chi connectivity index (χ4n) is 2.00. The third kappa shape index (κ3) is 4.53. The number of rotatable bonds is 6. The summed E-state index contributed by atoms with van der Waals surface area (Å²) in [5, 5.41) is 15.9. The number of nitrogens with zero attached hydrogens (tertiary/aromatic N) is 1. The van der Waals surface area contributed by atoms with Crippen molar-refractivity contribution in [1.82, 2.24) is 10.6 Å². The first-order valence-corrected chi connectivity index (χ1v) is 7.38. The lowest BCUT2D eigenvalue weighted by Gasteiger charge is -2.08. The minimum atomic E-state index is -0.776. The quantitative estimate of drug-likeness (QED) is 0.618. The molecule has 0 radical (unpaired) electrons. The van der Waals surface area contributed by atoms with Crippen LogP contribution < -0.4 is 10.6 Å². The number of hydrogen-bond acceptors (Lipinski definition) is 4. The average Bonchev–Trinajstić information content (AvgIpc) is 2.58. The van der Waals surface area contributed by atoms with Crippen molar-refractivity contribution < 1.29 is 14.5 Å². The maximum absolute atomic E-state index is 12.1. The number of benzene rings is 2. The number of nitro groups is 1. The summed E-state index contributed by atoms with van der Waals surface area (Å²) in [4.78, 5) is 34.1. The summed E-state index contributed by atoms with van der Waals surface area (Å²) in [5.41, 5.74) is 0.239. The van der Waals surface area contributed by atoms with Crippen LogP contribution in [0.2, 0.25) is 5.02 Å². The molecule has 0 heterocycles. The van der Waals surface area contributed by atoms with Crippen LogP contribution >= 0.6 is 11.6 Å². The number of amides is 2. The molecular formula is C16H14ClN3O4. The van der Waals surface area contributed by atoms with Gasteiger partial charge in [0.2, 0.25) is 5.91 Å². The number of nitrogens with one attached hydrogen (secondary N) is 2. The van der Waals surface area contributed by atoms with Crippen molar-refractivity contribution >= 4 is 29.1 Å². The van der Waals surface area contributed by atoms with E-state index in [2.05, 4.69) is 10.6 Å². The third-order valence-electron chi connectivity index (χ3n) is 3.16. The topological polar surface area (TPSA) is 101 Å². The van der Waals surface area contributed by atoms with Crippen LogP contribution in [-0.4, -0.2) is 23.3 Å². The summed E-state index contributed by atoms with van der Waals surface area (Å²) in [6, 6.07) is 13.2. The van der Waals surface area contributed by atoms with Gasteiger partial charge in [-0.25, -0.2) is 0 Å². The van der Waals surface area contributed by atoms with Gasteiger partial charge < -0.3 is 10.6 Å². The Morgan fingerprint density at radius 2 is 1.75 bits per heavy atom. The Kier molecular flexibility index (Phi) is 5.86. The van der Waals surface area contributed by atoms with Gasteiger partial charge in [0.15, 0.2) is 0 Å². The summed E-state index contributed by atoms with van der Waals surface area (Å²) in [6.07, 6.45) is 0. The van der Waals surface area contributed by atoms with Gasteiger partial charge >= 0.3 is 0 Å². The highest BCUT2D eigenvalue weighted by Crippen LogP contribution is 2.25. The van der Waals surface area contributed by atoms with Crippen LogP contribution in [0.3, 0.4) is 0 Å². The Hall–Kier alpha value is -2.93. The van der Waals surface area contributed by atoms with E-state index in [1.807, 2.05) is 30.3 Å². The van der Waals surface area contributed by atoms with E-state index in [-0.39, 0.29) is 17.1 Å². The minimum absolute atomic E-state index is 0.0496. The molecule has 2 aromatic carbocycles. The van der Waals surface area contributed by atoms with Crippen molar-refractivity contribution in [2.75, 3.05) is 6.54 Å². The summed E-state index contributed by atoms with van der Waals surface area (Å²) < 4.78 is 0. The molecule has 0 aliphatic heterocycles. The lowest BCUT2D eigenvalue weighted by Crippen LogP contribution is -2.36.